The van der Waals surface area contributed by atoms with E-state index >= 15 is 0 Å². The highest BCUT2D eigenvalue weighted by Crippen LogP contribution is 2.44. The fourth-order valence-electron chi connectivity index (χ4n) is 1.01. The number of nitro benzene ring substituents is 1. The van der Waals surface area contributed by atoms with Crippen LogP contribution in [0.25, 0.3) is 0 Å². The number of halogens is 4. The number of phenolic OH excluding ortho intramolecular Hbond substituents is 1. The first-order valence-corrected chi connectivity index (χ1v) is 4.27. The van der Waals surface area contributed by atoms with E-state index in [2.05, 4.69) is 15.9 Å². The Bertz CT molecular complexity index is 419. The van der Waals surface area contributed by atoms with Gasteiger partial charge in [0.15, 0.2) is 11.3 Å². The lowest BCUT2D eigenvalue weighted by atomic mass is 10.1. The van der Waals surface area contributed by atoms with Crippen LogP contribution in [0.4, 0.5) is 18.9 Å². The molecule has 0 saturated heterocycles. The Balaban J connectivity index is 3.60. The molecule has 82 valence electrons. The molecule has 0 aromatic heterocycles. The second-order valence-corrected chi connectivity index (χ2v) is 3.40. The monoisotopic (exact) mass is 285 g/mol. The summed E-state index contributed by atoms with van der Waals surface area (Å²) in [4.78, 5) is 9.09. The van der Waals surface area contributed by atoms with Crippen LogP contribution in [-0.4, -0.2) is 10.0 Å². The molecule has 1 aromatic rings. The minimum Gasteiger partial charge on any atom is -0.502 e. The van der Waals surface area contributed by atoms with Crippen molar-refractivity contribution < 1.29 is 23.2 Å². The van der Waals surface area contributed by atoms with Crippen molar-refractivity contribution >= 4 is 21.6 Å². The van der Waals surface area contributed by atoms with Gasteiger partial charge < -0.3 is 5.11 Å². The Morgan fingerprint density at radius 2 is 1.93 bits per heavy atom. The molecule has 0 aliphatic heterocycles. The van der Waals surface area contributed by atoms with Gasteiger partial charge >= 0.3 is 11.9 Å². The zero-order valence-electron chi connectivity index (χ0n) is 6.88. The summed E-state index contributed by atoms with van der Waals surface area (Å²) in [6.07, 6.45) is -4.90. The van der Waals surface area contributed by atoms with E-state index in [0.29, 0.717) is 0 Å². The van der Waals surface area contributed by atoms with Crippen LogP contribution in [0.1, 0.15) is 5.56 Å². The van der Waals surface area contributed by atoms with Gasteiger partial charge in [0.1, 0.15) is 0 Å². The van der Waals surface area contributed by atoms with E-state index in [1.54, 1.807) is 0 Å². The summed E-state index contributed by atoms with van der Waals surface area (Å²) in [6.45, 7) is 0. The lowest BCUT2D eigenvalue weighted by molar-refractivity contribution is -0.389. The third-order valence-corrected chi connectivity index (χ3v) is 2.23. The zero-order valence-corrected chi connectivity index (χ0v) is 8.46. The Kier molecular flexibility index (Phi) is 2.89. The van der Waals surface area contributed by atoms with E-state index in [1.165, 1.54) is 0 Å². The summed E-state index contributed by atoms with van der Waals surface area (Å²) in [5.41, 5.74) is -2.84. The van der Waals surface area contributed by atoms with Crippen LogP contribution in [0.2, 0.25) is 0 Å². The fraction of sp³-hybridized carbons (Fsp3) is 0.143. The highest BCUT2D eigenvalue weighted by molar-refractivity contribution is 9.10. The maximum absolute atomic E-state index is 12.4. The predicted molar refractivity (Wildman–Crippen MR) is 47.5 cm³/mol. The van der Waals surface area contributed by atoms with Gasteiger partial charge in [-0.25, -0.2) is 0 Å². The number of nitro groups is 1. The molecule has 1 rings (SSSR count). The maximum atomic E-state index is 12.4. The average molecular weight is 286 g/mol. The average Bonchev–Trinajstić information content (AvgIpc) is 2.05. The standard InChI is InChI=1S/C7H3BrF3NO3/c8-3-1-2-4(13)6(12(14)15)5(3)7(9,10)11/h1-2,13H. The van der Waals surface area contributed by atoms with Crippen LogP contribution in [0.5, 0.6) is 5.75 Å². The molecule has 0 heterocycles. The fourth-order valence-corrected chi connectivity index (χ4v) is 1.55. The van der Waals surface area contributed by atoms with Gasteiger partial charge in [0.05, 0.1) is 4.92 Å². The first-order chi connectivity index (χ1) is 6.75. The van der Waals surface area contributed by atoms with E-state index in [0.717, 1.165) is 12.1 Å². The number of nitrogens with zero attached hydrogens (tertiary/aromatic N) is 1. The molecule has 1 aromatic carbocycles. The van der Waals surface area contributed by atoms with Crippen LogP contribution in [-0.2, 0) is 6.18 Å². The van der Waals surface area contributed by atoms with Crippen LogP contribution >= 0.6 is 15.9 Å². The highest BCUT2D eigenvalue weighted by atomic mass is 79.9. The number of hydrogen-bond acceptors (Lipinski definition) is 3. The topological polar surface area (TPSA) is 63.4 Å². The van der Waals surface area contributed by atoms with Gasteiger partial charge in [0.2, 0.25) is 0 Å². The summed E-state index contributed by atoms with van der Waals surface area (Å²) >= 11 is 2.55. The summed E-state index contributed by atoms with van der Waals surface area (Å²) in [5.74, 6) is -1.02. The molecule has 0 fully saturated rings. The largest absolute Gasteiger partial charge is 0.502 e. The summed E-state index contributed by atoms with van der Waals surface area (Å²) < 4.78 is 36.7. The summed E-state index contributed by atoms with van der Waals surface area (Å²) in [6, 6.07) is 1.71. The predicted octanol–water partition coefficient (Wildman–Crippen LogP) is 3.08. The van der Waals surface area contributed by atoms with Gasteiger partial charge in [-0.2, -0.15) is 13.2 Å². The molecule has 0 spiro atoms. The van der Waals surface area contributed by atoms with Crippen LogP contribution < -0.4 is 0 Å². The van der Waals surface area contributed by atoms with Gasteiger partial charge in [0, 0.05) is 4.47 Å². The van der Waals surface area contributed by atoms with Gasteiger partial charge in [-0.15, -0.1) is 0 Å². The molecular weight excluding hydrogens is 283 g/mol. The molecule has 8 heteroatoms. The number of hydrogen-bond donors (Lipinski definition) is 1. The van der Waals surface area contributed by atoms with Crippen molar-refractivity contribution in [1.29, 1.82) is 0 Å². The van der Waals surface area contributed by atoms with Crippen molar-refractivity contribution in [2.75, 3.05) is 0 Å². The summed E-state index contributed by atoms with van der Waals surface area (Å²) in [5, 5.41) is 19.4. The van der Waals surface area contributed by atoms with Crippen molar-refractivity contribution in [3.8, 4) is 5.75 Å². The minimum atomic E-state index is -4.90. The molecule has 0 saturated carbocycles. The van der Waals surface area contributed by atoms with Crippen molar-refractivity contribution in [3.05, 3.63) is 32.3 Å². The van der Waals surface area contributed by atoms with Crippen molar-refractivity contribution in [1.82, 2.24) is 0 Å². The second kappa shape index (κ2) is 3.69. The number of rotatable bonds is 1. The molecule has 15 heavy (non-hydrogen) atoms. The Morgan fingerprint density at radius 1 is 1.40 bits per heavy atom. The van der Waals surface area contributed by atoms with Crippen molar-refractivity contribution in [3.63, 3.8) is 0 Å². The lowest BCUT2D eigenvalue weighted by Gasteiger charge is -2.09. The number of phenols is 1. The van der Waals surface area contributed by atoms with Gasteiger partial charge in [-0.05, 0) is 28.1 Å². The molecule has 0 unspecified atom stereocenters. The molecule has 0 amide bonds. The smallest absolute Gasteiger partial charge is 0.424 e. The highest BCUT2D eigenvalue weighted by Gasteiger charge is 2.42. The van der Waals surface area contributed by atoms with E-state index in [-0.39, 0.29) is 0 Å². The van der Waals surface area contributed by atoms with E-state index < -0.39 is 32.6 Å². The Hall–Kier alpha value is -1.31. The van der Waals surface area contributed by atoms with Gasteiger partial charge in [-0.3, -0.25) is 10.1 Å². The van der Waals surface area contributed by atoms with Crippen LogP contribution in [0.3, 0.4) is 0 Å². The third-order valence-electron chi connectivity index (χ3n) is 1.57. The Morgan fingerprint density at radius 3 is 2.27 bits per heavy atom. The lowest BCUT2D eigenvalue weighted by Crippen LogP contribution is -2.10. The van der Waals surface area contributed by atoms with E-state index in [4.69, 9.17) is 5.11 Å². The molecule has 0 atom stereocenters. The second-order valence-electron chi connectivity index (χ2n) is 2.54. The normalized spacial score (nSPS) is 11.5. The molecule has 0 aliphatic carbocycles. The Labute approximate surface area is 89.6 Å². The molecule has 4 nitrogen and oxygen atoms in total. The zero-order chi connectivity index (χ0) is 11.8. The summed E-state index contributed by atoms with van der Waals surface area (Å²) in [7, 11) is 0. The quantitative estimate of drug-likeness (QED) is 0.637. The number of benzene rings is 1. The maximum Gasteiger partial charge on any atom is 0.424 e. The van der Waals surface area contributed by atoms with Gasteiger partial charge in [-0.1, -0.05) is 0 Å². The molecule has 0 bridgehead atoms. The van der Waals surface area contributed by atoms with Crippen molar-refractivity contribution in [2.45, 2.75) is 6.18 Å². The third kappa shape index (κ3) is 2.20. The first-order valence-electron chi connectivity index (χ1n) is 3.48. The SMILES string of the molecule is O=[N+]([O-])c1c(O)ccc(Br)c1C(F)(F)F. The minimum absolute atomic E-state index is 0.487. The molecular formula is C7H3BrF3NO3. The molecule has 0 aliphatic rings. The van der Waals surface area contributed by atoms with Crippen LogP contribution in [0, 0.1) is 10.1 Å². The van der Waals surface area contributed by atoms with E-state index in [9.17, 15) is 23.3 Å². The van der Waals surface area contributed by atoms with Crippen LogP contribution in [0.15, 0.2) is 16.6 Å². The van der Waals surface area contributed by atoms with Gasteiger partial charge in [0.25, 0.3) is 0 Å². The van der Waals surface area contributed by atoms with Crippen molar-refractivity contribution in [2.24, 2.45) is 0 Å². The number of alkyl halides is 3. The first kappa shape index (κ1) is 11.8. The molecule has 1 N–H and O–H groups in total. The molecule has 0 radical (unpaired) electrons. The van der Waals surface area contributed by atoms with E-state index in [1.807, 2.05) is 0 Å². The number of aromatic hydroxyl groups is 1.